The second-order valence-electron chi connectivity index (χ2n) is 7.14. The van der Waals surface area contributed by atoms with Gasteiger partial charge in [-0.3, -0.25) is 9.69 Å². The zero-order chi connectivity index (χ0) is 18.6. The standard InChI is InChI=1S/C22H25N3O2/c26-21-6-2-1-5-20(21)25-14-12-24(13-15-25)11-3-4-17-7-9-19-18(16-17)8-10-22(27)23-19/h1-7,9,16,26H,8,10-15H2,(H,23,27)/b4-3+. The second kappa shape index (κ2) is 7.84. The molecule has 1 fully saturated rings. The first kappa shape index (κ1) is 17.6. The van der Waals surface area contributed by atoms with Gasteiger partial charge in [0.25, 0.3) is 0 Å². The summed E-state index contributed by atoms with van der Waals surface area (Å²) >= 11 is 0. The average molecular weight is 363 g/mol. The number of aryl methyl sites for hydroxylation is 1. The Morgan fingerprint density at radius 1 is 1.04 bits per heavy atom. The molecule has 0 saturated carbocycles. The van der Waals surface area contributed by atoms with E-state index in [-0.39, 0.29) is 5.91 Å². The Bertz CT molecular complexity index is 854. The van der Waals surface area contributed by atoms with E-state index >= 15 is 0 Å². The van der Waals surface area contributed by atoms with E-state index in [1.165, 1.54) is 11.1 Å². The minimum atomic E-state index is 0.105. The Hall–Kier alpha value is -2.79. The van der Waals surface area contributed by atoms with E-state index in [0.29, 0.717) is 12.2 Å². The summed E-state index contributed by atoms with van der Waals surface area (Å²) < 4.78 is 0. The molecule has 1 saturated heterocycles. The van der Waals surface area contributed by atoms with Gasteiger partial charge in [0, 0.05) is 44.8 Å². The SMILES string of the molecule is O=C1CCc2cc(/C=C/CN3CCN(c4ccccc4O)CC3)ccc2N1. The molecule has 0 unspecified atom stereocenters. The smallest absolute Gasteiger partial charge is 0.224 e. The van der Waals surface area contributed by atoms with Gasteiger partial charge in [0.1, 0.15) is 5.75 Å². The van der Waals surface area contributed by atoms with Crippen molar-refractivity contribution in [2.75, 3.05) is 42.9 Å². The zero-order valence-electron chi connectivity index (χ0n) is 15.4. The van der Waals surface area contributed by atoms with Crippen molar-refractivity contribution in [3.05, 3.63) is 59.7 Å². The van der Waals surface area contributed by atoms with E-state index in [1.54, 1.807) is 6.07 Å². The number of phenols is 1. The lowest BCUT2D eigenvalue weighted by Crippen LogP contribution is -2.46. The van der Waals surface area contributed by atoms with Gasteiger partial charge in [-0.2, -0.15) is 0 Å². The predicted molar refractivity (Wildman–Crippen MR) is 109 cm³/mol. The molecule has 140 valence electrons. The van der Waals surface area contributed by atoms with Crippen LogP contribution in [0.25, 0.3) is 6.08 Å². The third-order valence-electron chi connectivity index (χ3n) is 5.29. The molecule has 2 heterocycles. The molecule has 2 aromatic rings. The van der Waals surface area contributed by atoms with Crippen molar-refractivity contribution in [3.8, 4) is 5.75 Å². The molecule has 2 aliphatic heterocycles. The van der Waals surface area contributed by atoms with Crippen molar-refractivity contribution in [2.45, 2.75) is 12.8 Å². The largest absolute Gasteiger partial charge is 0.506 e. The molecule has 0 aliphatic carbocycles. The van der Waals surface area contributed by atoms with E-state index < -0.39 is 0 Å². The van der Waals surface area contributed by atoms with Crippen LogP contribution < -0.4 is 10.2 Å². The first-order chi connectivity index (χ1) is 13.2. The molecule has 2 N–H and O–H groups in total. The Labute approximate surface area is 159 Å². The van der Waals surface area contributed by atoms with Gasteiger partial charge >= 0.3 is 0 Å². The van der Waals surface area contributed by atoms with Gasteiger partial charge in [-0.15, -0.1) is 0 Å². The van der Waals surface area contributed by atoms with Crippen molar-refractivity contribution < 1.29 is 9.90 Å². The number of phenolic OH excluding ortho intramolecular Hbond substituents is 1. The summed E-state index contributed by atoms with van der Waals surface area (Å²) in [4.78, 5) is 16.1. The Morgan fingerprint density at radius 2 is 1.85 bits per heavy atom. The maximum atomic E-state index is 11.4. The number of nitrogens with one attached hydrogen (secondary N) is 1. The molecule has 0 radical (unpaired) electrons. The highest BCUT2D eigenvalue weighted by Gasteiger charge is 2.18. The van der Waals surface area contributed by atoms with Crippen LogP contribution in [0, 0.1) is 0 Å². The van der Waals surface area contributed by atoms with Crippen molar-refractivity contribution >= 4 is 23.4 Å². The van der Waals surface area contributed by atoms with Gasteiger partial charge in [-0.05, 0) is 41.8 Å². The number of aromatic hydroxyl groups is 1. The number of amides is 1. The number of carbonyl (C=O) groups excluding carboxylic acids is 1. The van der Waals surface area contributed by atoms with Crippen molar-refractivity contribution in [1.29, 1.82) is 0 Å². The zero-order valence-corrected chi connectivity index (χ0v) is 15.4. The highest BCUT2D eigenvalue weighted by molar-refractivity contribution is 5.94. The number of rotatable bonds is 4. The van der Waals surface area contributed by atoms with Gasteiger partial charge in [0.2, 0.25) is 5.91 Å². The molecule has 0 aromatic heterocycles. The van der Waals surface area contributed by atoms with Crippen LogP contribution in [0.4, 0.5) is 11.4 Å². The molecule has 4 rings (SSSR count). The fourth-order valence-corrected chi connectivity index (χ4v) is 3.75. The topological polar surface area (TPSA) is 55.8 Å². The molecule has 0 spiro atoms. The van der Waals surface area contributed by atoms with E-state index in [0.717, 1.165) is 50.5 Å². The first-order valence-corrected chi connectivity index (χ1v) is 9.54. The molecule has 2 aliphatic rings. The summed E-state index contributed by atoms with van der Waals surface area (Å²) in [6, 6.07) is 13.8. The first-order valence-electron chi connectivity index (χ1n) is 9.54. The molecule has 1 amide bonds. The van der Waals surface area contributed by atoms with E-state index in [4.69, 9.17) is 0 Å². The second-order valence-corrected chi connectivity index (χ2v) is 7.14. The van der Waals surface area contributed by atoms with Crippen LogP contribution in [0.15, 0.2) is 48.5 Å². The summed E-state index contributed by atoms with van der Waals surface area (Å²) in [5.41, 5.74) is 4.27. The molecule has 5 nitrogen and oxygen atoms in total. The van der Waals surface area contributed by atoms with Crippen LogP contribution in [0.5, 0.6) is 5.75 Å². The Morgan fingerprint density at radius 3 is 2.67 bits per heavy atom. The van der Waals surface area contributed by atoms with E-state index in [1.807, 2.05) is 24.3 Å². The number of para-hydroxylation sites is 2. The molecular formula is C22H25N3O2. The van der Waals surface area contributed by atoms with E-state index in [9.17, 15) is 9.90 Å². The normalized spacial score (nSPS) is 17.8. The van der Waals surface area contributed by atoms with Crippen LogP contribution in [0.2, 0.25) is 0 Å². The lowest BCUT2D eigenvalue weighted by atomic mass is 10.0. The van der Waals surface area contributed by atoms with E-state index in [2.05, 4.69) is 39.4 Å². The van der Waals surface area contributed by atoms with Crippen LogP contribution >= 0.6 is 0 Å². The summed E-state index contributed by atoms with van der Waals surface area (Å²) in [7, 11) is 0. The van der Waals surface area contributed by atoms with Gasteiger partial charge < -0.3 is 15.3 Å². The van der Waals surface area contributed by atoms with Gasteiger partial charge in [-0.1, -0.05) is 30.4 Å². The summed E-state index contributed by atoms with van der Waals surface area (Å²) in [5, 5.41) is 12.9. The van der Waals surface area contributed by atoms with Crippen molar-refractivity contribution in [3.63, 3.8) is 0 Å². The fraction of sp³-hybridized carbons (Fsp3) is 0.318. The molecule has 0 bridgehead atoms. The third kappa shape index (κ3) is 4.14. The maximum absolute atomic E-state index is 11.4. The number of piperazine rings is 1. The fourth-order valence-electron chi connectivity index (χ4n) is 3.75. The number of anilines is 2. The van der Waals surface area contributed by atoms with Crippen LogP contribution in [-0.2, 0) is 11.2 Å². The number of carbonyl (C=O) groups is 1. The molecule has 5 heteroatoms. The number of hydrogen-bond acceptors (Lipinski definition) is 4. The Kier molecular flexibility index (Phi) is 5.12. The minimum absolute atomic E-state index is 0.105. The van der Waals surface area contributed by atoms with Crippen LogP contribution in [0.3, 0.4) is 0 Å². The number of nitrogens with zero attached hydrogens (tertiary/aromatic N) is 2. The lowest BCUT2D eigenvalue weighted by molar-refractivity contribution is -0.116. The third-order valence-corrected chi connectivity index (χ3v) is 5.29. The quantitative estimate of drug-likeness (QED) is 0.876. The number of benzene rings is 2. The molecular weight excluding hydrogens is 338 g/mol. The van der Waals surface area contributed by atoms with Gasteiger partial charge in [-0.25, -0.2) is 0 Å². The highest BCUT2D eigenvalue weighted by atomic mass is 16.3. The van der Waals surface area contributed by atoms with Gasteiger partial charge in [0.15, 0.2) is 0 Å². The van der Waals surface area contributed by atoms with Crippen LogP contribution in [-0.4, -0.2) is 48.6 Å². The van der Waals surface area contributed by atoms with Crippen LogP contribution in [0.1, 0.15) is 17.5 Å². The van der Waals surface area contributed by atoms with Gasteiger partial charge in [0.05, 0.1) is 5.69 Å². The Balaban J connectivity index is 1.30. The summed E-state index contributed by atoms with van der Waals surface area (Å²) in [6.45, 7) is 4.72. The predicted octanol–water partition coefficient (Wildman–Crippen LogP) is 3.11. The maximum Gasteiger partial charge on any atom is 0.224 e. The number of hydrogen-bond donors (Lipinski definition) is 2. The molecule has 2 aromatic carbocycles. The lowest BCUT2D eigenvalue weighted by Gasteiger charge is -2.35. The molecule has 0 atom stereocenters. The minimum Gasteiger partial charge on any atom is -0.506 e. The summed E-state index contributed by atoms with van der Waals surface area (Å²) in [6.07, 6.45) is 5.75. The van der Waals surface area contributed by atoms with Crippen molar-refractivity contribution in [1.82, 2.24) is 4.90 Å². The highest BCUT2D eigenvalue weighted by Crippen LogP contribution is 2.27. The summed E-state index contributed by atoms with van der Waals surface area (Å²) in [5.74, 6) is 0.461. The average Bonchev–Trinajstić information content (AvgIpc) is 2.69. The molecule has 27 heavy (non-hydrogen) atoms. The monoisotopic (exact) mass is 363 g/mol. The van der Waals surface area contributed by atoms with Crippen molar-refractivity contribution in [2.24, 2.45) is 0 Å². The number of fused-ring (bicyclic) bond motifs is 1.